The van der Waals surface area contributed by atoms with Crippen molar-refractivity contribution in [3.8, 4) is 0 Å². The Morgan fingerprint density at radius 1 is 0.879 bits per heavy atom. The molecule has 0 aromatic heterocycles. The third-order valence-corrected chi connectivity index (χ3v) is 13.1. The van der Waals surface area contributed by atoms with Gasteiger partial charge < -0.3 is 9.90 Å². The topological polar surface area (TPSA) is 54.4 Å². The third-order valence-electron chi connectivity index (χ3n) is 13.1. The van der Waals surface area contributed by atoms with E-state index in [9.17, 15) is 14.7 Å². The molecule has 0 saturated heterocycles. The molecule has 0 amide bonds. The van der Waals surface area contributed by atoms with Gasteiger partial charge in [0, 0.05) is 23.3 Å². The van der Waals surface area contributed by atoms with E-state index in [0.717, 1.165) is 37.9 Å². The van der Waals surface area contributed by atoms with E-state index in [1.54, 1.807) is 0 Å². The van der Waals surface area contributed by atoms with E-state index in [1.165, 1.54) is 38.2 Å². The molecule has 184 valence electrons. The lowest BCUT2D eigenvalue weighted by Gasteiger charge is -2.74. The van der Waals surface area contributed by atoms with Crippen molar-refractivity contribution in [1.82, 2.24) is 0 Å². The smallest absolute Gasteiger partial charge is 0.163 e. The van der Waals surface area contributed by atoms with Crippen LogP contribution in [-0.2, 0) is 9.59 Å². The fourth-order valence-corrected chi connectivity index (χ4v) is 10.7. The highest BCUT2D eigenvalue weighted by Gasteiger charge is 2.72. The van der Waals surface area contributed by atoms with Crippen molar-refractivity contribution in [2.24, 2.45) is 56.2 Å². The van der Waals surface area contributed by atoms with E-state index in [0.29, 0.717) is 16.7 Å². The highest BCUT2D eigenvalue weighted by atomic mass is 16.3. The molecule has 0 aromatic rings. The number of aliphatic hydroxyl groups is 1. The molecular formula is C30H46O3. The van der Waals surface area contributed by atoms with Gasteiger partial charge in [-0.15, -0.1) is 0 Å². The zero-order valence-electron chi connectivity index (χ0n) is 22.1. The number of fused-ring (bicyclic) bond motifs is 7. The number of aldehydes is 1. The Morgan fingerprint density at radius 2 is 1.48 bits per heavy atom. The van der Waals surface area contributed by atoms with Gasteiger partial charge in [0.1, 0.15) is 6.29 Å². The minimum atomic E-state index is -0.749. The average Bonchev–Trinajstić information content (AvgIpc) is 2.74. The highest BCUT2D eigenvalue weighted by Crippen LogP contribution is 2.78. The maximum absolute atomic E-state index is 13.5. The van der Waals surface area contributed by atoms with Gasteiger partial charge >= 0.3 is 0 Å². The number of hydrogen-bond donors (Lipinski definition) is 1. The van der Waals surface area contributed by atoms with Crippen LogP contribution in [-0.4, -0.2) is 17.2 Å². The van der Waals surface area contributed by atoms with Gasteiger partial charge in [-0.3, -0.25) is 4.79 Å². The standard InChI is InChI=1S/C30H46O3/c1-19-20(32)16-21(33)24-27(5)13-15-29(7)23-17-25(2,3)10-11-26(23,4)12-14-28(29,6)22(27)8-9-30(19,24)18-31/h16,18-19,22-24,32H,8-15,17H2,1-7H3/t19-,22+,23+,24-,26+,27+,28+,29-,30-/m0/s1. The van der Waals surface area contributed by atoms with Crippen molar-refractivity contribution in [3.05, 3.63) is 11.8 Å². The molecule has 9 atom stereocenters. The summed E-state index contributed by atoms with van der Waals surface area (Å²) in [6, 6.07) is 0. The number of carbonyl (C=O) groups is 2. The number of aliphatic hydroxyl groups excluding tert-OH is 1. The lowest BCUT2D eigenvalue weighted by atomic mass is 9.30. The Labute approximate surface area is 201 Å². The van der Waals surface area contributed by atoms with Crippen LogP contribution in [0.15, 0.2) is 11.8 Å². The molecule has 5 aliphatic carbocycles. The molecule has 5 rings (SSSR count). The molecule has 4 fully saturated rings. The van der Waals surface area contributed by atoms with Crippen LogP contribution in [0.4, 0.5) is 0 Å². The summed E-state index contributed by atoms with van der Waals surface area (Å²) < 4.78 is 0. The fraction of sp³-hybridized carbons (Fsp3) is 0.867. The number of allylic oxidation sites excluding steroid dienone is 2. The predicted octanol–water partition coefficient (Wildman–Crippen LogP) is 7.30. The first-order valence-corrected chi connectivity index (χ1v) is 13.6. The monoisotopic (exact) mass is 454 g/mol. The normalized spacial score (nSPS) is 55.4. The molecule has 33 heavy (non-hydrogen) atoms. The maximum atomic E-state index is 13.5. The van der Waals surface area contributed by atoms with Crippen LogP contribution in [0.3, 0.4) is 0 Å². The summed E-state index contributed by atoms with van der Waals surface area (Å²) >= 11 is 0. The van der Waals surface area contributed by atoms with E-state index in [2.05, 4.69) is 41.5 Å². The largest absolute Gasteiger partial charge is 0.512 e. The molecule has 0 radical (unpaired) electrons. The molecule has 0 bridgehead atoms. The maximum Gasteiger partial charge on any atom is 0.163 e. The lowest BCUT2D eigenvalue weighted by Crippen LogP contribution is -2.68. The Bertz CT molecular complexity index is 918. The van der Waals surface area contributed by atoms with E-state index in [1.807, 2.05) is 6.92 Å². The Balaban J connectivity index is 1.60. The number of rotatable bonds is 1. The van der Waals surface area contributed by atoms with Crippen molar-refractivity contribution < 1.29 is 14.7 Å². The van der Waals surface area contributed by atoms with Crippen LogP contribution in [0.5, 0.6) is 0 Å². The highest BCUT2D eigenvalue weighted by molar-refractivity contribution is 5.97. The number of hydrogen-bond acceptors (Lipinski definition) is 3. The molecule has 0 spiro atoms. The molecule has 4 saturated carbocycles. The summed E-state index contributed by atoms with van der Waals surface area (Å²) in [6.45, 7) is 17.0. The summed E-state index contributed by atoms with van der Waals surface area (Å²) in [4.78, 5) is 26.2. The van der Waals surface area contributed by atoms with E-state index in [-0.39, 0.29) is 39.6 Å². The van der Waals surface area contributed by atoms with Gasteiger partial charge in [-0.2, -0.15) is 0 Å². The summed E-state index contributed by atoms with van der Waals surface area (Å²) in [6.07, 6.45) is 12.9. The average molecular weight is 455 g/mol. The number of ketones is 1. The second-order valence-electron chi connectivity index (χ2n) is 14.9. The zero-order chi connectivity index (χ0) is 24.2. The van der Waals surface area contributed by atoms with E-state index < -0.39 is 5.41 Å². The molecule has 3 heteroatoms. The van der Waals surface area contributed by atoms with Gasteiger partial charge in [0.25, 0.3) is 0 Å². The third kappa shape index (κ3) is 2.74. The van der Waals surface area contributed by atoms with Crippen LogP contribution < -0.4 is 0 Å². The molecular weight excluding hydrogens is 408 g/mol. The van der Waals surface area contributed by atoms with Crippen LogP contribution >= 0.6 is 0 Å². The lowest BCUT2D eigenvalue weighted by molar-refractivity contribution is -0.249. The summed E-state index contributed by atoms with van der Waals surface area (Å²) in [7, 11) is 0. The Morgan fingerprint density at radius 3 is 2.15 bits per heavy atom. The molecule has 0 unspecified atom stereocenters. The van der Waals surface area contributed by atoms with E-state index >= 15 is 0 Å². The zero-order valence-corrected chi connectivity index (χ0v) is 22.1. The summed E-state index contributed by atoms with van der Waals surface area (Å²) in [5.74, 6) is 0.697. The first-order valence-electron chi connectivity index (χ1n) is 13.6. The summed E-state index contributed by atoms with van der Waals surface area (Å²) in [5.41, 5.74) is 0.351. The second kappa shape index (κ2) is 6.76. The summed E-state index contributed by atoms with van der Waals surface area (Å²) in [5, 5.41) is 10.5. The van der Waals surface area contributed by atoms with Crippen molar-refractivity contribution in [3.63, 3.8) is 0 Å². The Hall–Kier alpha value is -1.12. The minimum absolute atomic E-state index is 0.00319. The van der Waals surface area contributed by atoms with Gasteiger partial charge in [-0.05, 0) is 96.7 Å². The molecule has 0 heterocycles. The van der Waals surface area contributed by atoms with Crippen molar-refractivity contribution in [2.45, 2.75) is 106 Å². The predicted molar refractivity (Wildman–Crippen MR) is 132 cm³/mol. The molecule has 0 aliphatic heterocycles. The SMILES string of the molecule is C[C@H]1C(O)=CC(=O)[C@H]2[C@]3(C)CC[C@@]4(C)[C@@H]5CC(C)(C)CC[C@]5(C)CC[C@]4(C)[C@@H]3CC[C@]12C=O. The quantitative estimate of drug-likeness (QED) is 0.423. The fourth-order valence-electron chi connectivity index (χ4n) is 10.7. The van der Waals surface area contributed by atoms with Gasteiger partial charge in [0.15, 0.2) is 5.78 Å². The molecule has 1 N–H and O–H groups in total. The Kier molecular flexibility index (Phi) is 4.83. The van der Waals surface area contributed by atoms with Gasteiger partial charge in [-0.25, -0.2) is 0 Å². The van der Waals surface area contributed by atoms with Gasteiger partial charge in [0.05, 0.1) is 5.76 Å². The van der Waals surface area contributed by atoms with Crippen LogP contribution in [0.25, 0.3) is 0 Å². The van der Waals surface area contributed by atoms with Crippen LogP contribution in [0.2, 0.25) is 0 Å². The second-order valence-corrected chi connectivity index (χ2v) is 14.9. The van der Waals surface area contributed by atoms with Crippen molar-refractivity contribution in [1.29, 1.82) is 0 Å². The van der Waals surface area contributed by atoms with Crippen molar-refractivity contribution >= 4 is 12.1 Å². The van der Waals surface area contributed by atoms with Crippen molar-refractivity contribution in [2.75, 3.05) is 0 Å². The van der Waals surface area contributed by atoms with Gasteiger partial charge in [-0.1, -0.05) is 48.5 Å². The molecule has 3 nitrogen and oxygen atoms in total. The number of carbonyl (C=O) groups excluding carboxylic acids is 2. The first kappa shape index (κ1) is 23.6. The van der Waals surface area contributed by atoms with Crippen LogP contribution in [0, 0.1) is 56.2 Å². The minimum Gasteiger partial charge on any atom is -0.512 e. The molecule has 0 aromatic carbocycles. The van der Waals surface area contributed by atoms with E-state index in [4.69, 9.17) is 0 Å². The molecule has 5 aliphatic rings. The van der Waals surface area contributed by atoms with Gasteiger partial charge in [0.2, 0.25) is 0 Å². The first-order chi connectivity index (χ1) is 15.2. The van der Waals surface area contributed by atoms with Crippen LogP contribution in [0.1, 0.15) is 106 Å².